The zero-order chi connectivity index (χ0) is 13.5. The van der Waals surface area contributed by atoms with E-state index in [0.717, 1.165) is 0 Å². The first kappa shape index (κ1) is 13.8. The van der Waals surface area contributed by atoms with Gasteiger partial charge in [-0.1, -0.05) is 12.1 Å². The third-order valence-electron chi connectivity index (χ3n) is 1.83. The van der Waals surface area contributed by atoms with Gasteiger partial charge in [-0.05, 0) is 12.1 Å². The van der Waals surface area contributed by atoms with Crippen LogP contribution in [0.2, 0.25) is 0 Å². The second kappa shape index (κ2) is 3.90. The van der Waals surface area contributed by atoms with Gasteiger partial charge in [0.25, 0.3) is 0 Å². The van der Waals surface area contributed by atoms with Crippen LogP contribution in [-0.4, -0.2) is 14.6 Å². The highest BCUT2D eigenvalue weighted by molar-refractivity contribution is 7.86. The molecule has 0 aromatic heterocycles. The van der Waals surface area contributed by atoms with E-state index >= 15 is 0 Å². The summed E-state index contributed by atoms with van der Waals surface area (Å²) in [7, 11) is -5.33. The Morgan fingerprint density at radius 2 is 1.53 bits per heavy atom. The van der Waals surface area contributed by atoms with E-state index in [9.17, 15) is 34.3 Å². The van der Waals surface area contributed by atoms with E-state index in [-0.39, 0.29) is 6.07 Å². The first-order valence-corrected chi connectivity index (χ1v) is 5.34. The highest BCUT2D eigenvalue weighted by Crippen LogP contribution is 2.44. The molecule has 0 atom stereocenters. The van der Waals surface area contributed by atoms with E-state index < -0.39 is 32.8 Å². The third kappa shape index (κ3) is 2.71. The summed E-state index contributed by atoms with van der Waals surface area (Å²) in [6.45, 7) is 0. The summed E-state index contributed by atoms with van der Waals surface area (Å²) in [5, 5.41) is 0. The Morgan fingerprint density at radius 3 is 1.94 bits per heavy atom. The quantitative estimate of drug-likeness (QED) is 0.615. The van der Waals surface area contributed by atoms with Crippen molar-refractivity contribution in [2.75, 3.05) is 0 Å². The van der Waals surface area contributed by atoms with Crippen LogP contribution in [0, 0.1) is 0 Å². The predicted molar refractivity (Wildman–Crippen MR) is 44.7 cm³/mol. The summed E-state index contributed by atoms with van der Waals surface area (Å²) in [5.74, 6) is -5.24. The van der Waals surface area contributed by atoms with Crippen molar-refractivity contribution in [3.8, 4) is 0 Å². The lowest BCUT2D eigenvalue weighted by atomic mass is 10.1. The average molecular weight is 278 g/mol. The molecule has 1 rings (SSSR count). The molecule has 1 aromatic rings. The minimum absolute atomic E-state index is 0.0528. The molecule has 9 heteroatoms. The van der Waals surface area contributed by atoms with Crippen LogP contribution in [0.1, 0.15) is 5.56 Å². The van der Waals surface area contributed by atoms with Crippen LogP contribution in [0.5, 0.6) is 0 Å². The van der Waals surface area contributed by atoms with E-state index in [4.69, 9.17) is 0 Å². The zero-order valence-corrected chi connectivity index (χ0v) is 8.62. The van der Waals surface area contributed by atoms with Gasteiger partial charge in [0.1, 0.15) is 0 Å². The Hall–Kier alpha value is -1.25. The van der Waals surface area contributed by atoms with Crippen molar-refractivity contribution in [2.45, 2.75) is 17.0 Å². The molecule has 96 valence electrons. The fraction of sp³-hybridized carbons (Fsp3) is 0.250. The first-order chi connectivity index (χ1) is 7.46. The lowest BCUT2D eigenvalue weighted by Gasteiger charge is -2.19. The minimum atomic E-state index is -5.88. The number of halogens is 6. The average Bonchev–Trinajstić information content (AvgIpc) is 2.15. The Labute approximate surface area is 92.1 Å². The lowest BCUT2D eigenvalue weighted by molar-refractivity contribution is -0.289. The number of rotatable bonds is 2. The molecule has 0 aliphatic rings. The Morgan fingerprint density at radius 1 is 1.00 bits per heavy atom. The van der Waals surface area contributed by atoms with Gasteiger partial charge in [-0.25, -0.2) is 0 Å². The van der Waals surface area contributed by atoms with Crippen molar-refractivity contribution >= 4 is 10.2 Å². The molecule has 0 aliphatic carbocycles. The summed E-state index contributed by atoms with van der Waals surface area (Å²) >= 11 is 0. The maximum Gasteiger partial charge on any atom is 0.458 e. The van der Waals surface area contributed by atoms with Gasteiger partial charge in [-0.3, -0.25) is 0 Å². The topological polar surface area (TPSA) is 34.1 Å². The van der Waals surface area contributed by atoms with Crippen LogP contribution in [-0.2, 0) is 16.1 Å². The first-order valence-electron chi connectivity index (χ1n) is 3.96. The highest BCUT2D eigenvalue weighted by Gasteiger charge is 2.58. The van der Waals surface area contributed by atoms with Crippen molar-refractivity contribution in [1.82, 2.24) is 0 Å². The van der Waals surface area contributed by atoms with Gasteiger partial charge in [-0.15, -0.1) is 3.89 Å². The highest BCUT2D eigenvalue weighted by atomic mass is 32.3. The fourth-order valence-electron chi connectivity index (χ4n) is 1.01. The number of hydrogen-bond donors (Lipinski definition) is 0. The molecule has 0 radical (unpaired) electrons. The van der Waals surface area contributed by atoms with Crippen LogP contribution < -0.4 is 0 Å². The summed E-state index contributed by atoms with van der Waals surface area (Å²) in [6, 6.07) is 1.48. The molecule has 0 fully saturated rings. The van der Waals surface area contributed by atoms with E-state index in [0.29, 0.717) is 18.2 Å². The van der Waals surface area contributed by atoms with Crippen molar-refractivity contribution in [1.29, 1.82) is 0 Å². The van der Waals surface area contributed by atoms with E-state index in [2.05, 4.69) is 0 Å². The van der Waals surface area contributed by atoms with Crippen LogP contribution in [0.25, 0.3) is 0 Å². The molecule has 0 spiro atoms. The summed E-state index contributed by atoms with van der Waals surface area (Å²) in [6.07, 6.45) is -5.88. The van der Waals surface area contributed by atoms with Crippen molar-refractivity contribution in [3.63, 3.8) is 0 Å². The molecular formula is C8H4F6O2S. The Balaban J connectivity index is 3.36. The molecular weight excluding hydrogens is 274 g/mol. The number of alkyl halides is 5. The van der Waals surface area contributed by atoms with Gasteiger partial charge < -0.3 is 0 Å². The van der Waals surface area contributed by atoms with Gasteiger partial charge in [0.05, 0.1) is 4.90 Å². The molecule has 0 amide bonds. The summed E-state index contributed by atoms with van der Waals surface area (Å²) in [5.41, 5.74) is -1.64. The van der Waals surface area contributed by atoms with Gasteiger partial charge >= 0.3 is 22.3 Å². The Kier molecular flexibility index (Phi) is 3.17. The van der Waals surface area contributed by atoms with Gasteiger partial charge in [-0.2, -0.15) is 30.4 Å². The summed E-state index contributed by atoms with van der Waals surface area (Å²) in [4.78, 5) is -1.25. The largest absolute Gasteiger partial charge is 0.458 e. The molecule has 0 bridgehead atoms. The maximum atomic E-state index is 12.8. The normalized spacial score (nSPS) is 13.8. The molecule has 0 saturated carbocycles. The maximum absolute atomic E-state index is 12.8. The standard InChI is InChI=1S/C8H4F6O2S/c9-7(10,8(11,12)13)5-2-1-3-6(4-5)17(14,15)16/h1-4H. The second-order valence-corrected chi connectivity index (χ2v) is 4.38. The SMILES string of the molecule is O=S(=O)(F)c1cccc(C(F)(F)C(F)(F)F)c1. The monoisotopic (exact) mass is 278 g/mol. The molecule has 17 heavy (non-hydrogen) atoms. The van der Waals surface area contributed by atoms with Crippen molar-refractivity contribution in [2.24, 2.45) is 0 Å². The van der Waals surface area contributed by atoms with Crippen LogP contribution in [0.4, 0.5) is 25.8 Å². The molecule has 0 N–H and O–H groups in total. The molecule has 0 unspecified atom stereocenters. The zero-order valence-electron chi connectivity index (χ0n) is 7.80. The Bertz CT molecular complexity index is 519. The minimum Gasteiger partial charge on any atom is -0.191 e. The second-order valence-electron chi connectivity index (χ2n) is 3.04. The van der Waals surface area contributed by atoms with Crippen molar-refractivity contribution in [3.05, 3.63) is 29.8 Å². The van der Waals surface area contributed by atoms with E-state index in [1.165, 1.54) is 0 Å². The fourth-order valence-corrected chi connectivity index (χ4v) is 1.52. The van der Waals surface area contributed by atoms with E-state index in [1.807, 2.05) is 0 Å². The molecule has 2 nitrogen and oxygen atoms in total. The van der Waals surface area contributed by atoms with Gasteiger partial charge in [0.2, 0.25) is 0 Å². The summed E-state index contributed by atoms with van der Waals surface area (Å²) < 4.78 is 94.6. The van der Waals surface area contributed by atoms with Crippen molar-refractivity contribution < 1.29 is 34.3 Å². The third-order valence-corrected chi connectivity index (χ3v) is 2.65. The van der Waals surface area contributed by atoms with Crippen LogP contribution >= 0.6 is 0 Å². The van der Waals surface area contributed by atoms with Crippen LogP contribution in [0.3, 0.4) is 0 Å². The molecule has 1 aromatic carbocycles. The predicted octanol–water partition coefficient (Wildman–Crippen LogP) is 3.00. The van der Waals surface area contributed by atoms with Crippen LogP contribution in [0.15, 0.2) is 29.2 Å². The molecule has 0 heterocycles. The molecule has 0 saturated heterocycles. The molecule has 0 aliphatic heterocycles. The number of benzene rings is 1. The lowest BCUT2D eigenvalue weighted by Crippen LogP contribution is -2.33. The van der Waals surface area contributed by atoms with Gasteiger partial charge in [0, 0.05) is 5.56 Å². The van der Waals surface area contributed by atoms with E-state index in [1.54, 1.807) is 0 Å². The number of hydrogen-bond acceptors (Lipinski definition) is 2. The van der Waals surface area contributed by atoms with Gasteiger partial charge in [0.15, 0.2) is 0 Å². The smallest absolute Gasteiger partial charge is 0.191 e.